The zero-order chi connectivity index (χ0) is 18.0. The van der Waals surface area contributed by atoms with E-state index < -0.39 is 0 Å². The Bertz CT molecular complexity index is 612. The molecule has 3 rings (SSSR count). The third-order valence-corrected chi connectivity index (χ3v) is 6.36. The van der Waals surface area contributed by atoms with Crippen LogP contribution >= 0.6 is 23.2 Å². The van der Waals surface area contributed by atoms with Crippen molar-refractivity contribution in [3.63, 3.8) is 0 Å². The molecule has 1 saturated carbocycles. The molecule has 5 heteroatoms. The second-order valence-electron chi connectivity index (χ2n) is 7.84. The minimum absolute atomic E-state index is 0.141. The average molecular weight is 383 g/mol. The topological polar surface area (TPSA) is 23.6 Å². The van der Waals surface area contributed by atoms with E-state index in [0.717, 1.165) is 50.4 Å². The Hall–Kier alpha value is -0.770. The van der Waals surface area contributed by atoms with Crippen LogP contribution in [0.25, 0.3) is 0 Å². The van der Waals surface area contributed by atoms with E-state index in [-0.39, 0.29) is 5.92 Å². The third-order valence-electron chi connectivity index (χ3n) is 5.62. The molecule has 25 heavy (non-hydrogen) atoms. The molecule has 0 N–H and O–H groups in total. The lowest BCUT2D eigenvalue weighted by Gasteiger charge is -2.32. The lowest BCUT2D eigenvalue weighted by Crippen LogP contribution is -2.39. The Kier molecular flexibility index (Phi) is 6.30. The van der Waals surface area contributed by atoms with Crippen LogP contribution < -0.4 is 0 Å². The van der Waals surface area contributed by atoms with E-state index in [4.69, 9.17) is 23.2 Å². The molecule has 2 aliphatic rings. The van der Waals surface area contributed by atoms with Crippen LogP contribution in [0.2, 0.25) is 10.0 Å². The number of hydrogen-bond acceptors (Lipinski definition) is 2. The van der Waals surface area contributed by atoms with Crippen LogP contribution in [-0.2, 0) is 4.79 Å². The van der Waals surface area contributed by atoms with Gasteiger partial charge in [0.25, 0.3) is 0 Å². The fourth-order valence-electron chi connectivity index (χ4n) is 3.95. The maximum Gasteiger partial charge on any atom is 0.226 e. The number of hydrogen-bond donors (Lipinski definition) is 0. The minimum atomic E-state index is 0.141. The molecule has 138 valence electrons. The van der Waals surface area contributed by atoms with Gasteiger partial charge in [0, 0.05) is 19.0 Å². The Labute approximate surface area is 161 Å². The summed E-state index contributed by atoms with van der Waals surface area (Å²) >= 11 is 12.1. The number of nitrogens with zero attached hydrogens (tertiary/aromatic N) is 2. The molecule has 0 spiro atoms. The highest BCUT2D eigenvalue weighted by Crippen LogP contribution is 2.49. The number of rotatable bonds is 6. The van der Waals surface area contributed by atoms with Crippen LogP contribution in [0.3, 0.4) is 0 Å². The van der Waals surface area contributed by atoms with E-state index in [1.807, 2.05) is 18.2 Å². The summed E-state index contributed by atoms with van der Waals surface area (Å²) in [6.07, 6.45) is 5.80. The summed E-state index contributed by atoms with van der Waals surface area (Å²) in [6, 6.07) is 5.75. The van der Waals surface area contributed by atoms with E-state index in [0.29, 0.717) is 21.9 Å². The van der Waals surface area contributed by atoms with E-state index in [9.17, 15) is 4.79 Å². The summed E-state index contributed by atoms with van der Waals surface area (Å²) in [4.78, 5) is 17.1. The first-order chi connectivity index (χ1) is 12.0. The van der Waals surface area contributed by atoms with Crippen LogP contribution in [0.1, 0.15) is 43.6 Å². The monoisotopic (exact) mass is 382 g/mol. The lowest BCUT2D eigenvalue weighted by molar-refractivity contribution is -0.134. The molecule has 2 atom stereocenters. The van der Waals surface area contributed by atoms with Crippen molar-refractivity contribution in [2.45, 2.75) is 38.0 Å². The minimum Gasteiger partial charge on any atom is -0.342 e. The predicted molar refractivity (Wildman–Crippen MR) is 104 cm³/mol. The Balaban J connectivity index is 1.45. The zero-order valence-electron chi connectivity index (χ0n) is 15.2. The third kappa shape index (κ3) is 4.90. The summed E-state index contributed by atoms with van der Waals surface area (Å²) in [6.45, 7) is 3.01. The fraction of sp³-hybridized carbons (Fsp3) is 0.650. The van der Waals surface area contributed by atoms with Crippen molar-refractivity contribution in [3.8, 4) is 0 Å². The molecule has 0 radical (unpaired) electrons. The fourth-order valence-corrected chi connectivity index (χ4v) is 4.26. The predicted octanol–water partition coefficient (Wildman–Crippen LogP) is 4.68. The van der Waals surface area contributed by atoms with E-state index in [1.165, 1.54) is 12.8 Å². The number of carbonyl (C=O) groups excluding carboxylic acids is 1. The molecule has 1 aliphatic heterocycles. The smallest absolute Gasteiger partial charge is 0.226 e. The van der Waals surface area contributed by atoms with Gasteiger partial charge in [0.05, 0.1) is 10.0 Å². The first-order valence-corrected chi connectivity index (χ1v) is 10.1. The van der Waals surface area contributed by atoms with Gasteiger partial charge in [0.1, 0.15) is 0 Å². The largest absolute Gasteiger partial charge is 0.342 e. The Morgan fingerprint density at radius 2 is 1.92 bits per heavy atom. The van der Waals surface area contributed by atoms with Crippen molar-refractivity contribution >= 4 is 29.1 Å². The summed E-state index contributed by atoms with van der Waals surface area (Å²) < 4.78 is 0. The molecule has 1 heterocycles. The van der Waals surface area contributed by atoms with Crippen molar-refractivity contribution in [2.24, 2.45) is 11.8 Å². The number of piperidine rings is 1. The van der Waals surface area contributed by atoms with Gasteiger partial charge in [-0.05, 0) is 82.3 Å². The van der Waals surface area contributed by atoms with Gasteiger partial charge in [-0.15, -0.1) is 0 Å². The highest BCUT2D eigenvalue weighted by atomic mass is 35.5. The SMILES string of the molecule is CN(C)CCCC1CCN(C(=O)[C@@H]2C[C@H]2c2ccc(Cl)c(Cl)c2)CC1. The molecule has 0 bridgehead atoms. The molecule has 1 aliphatic carbocycles. The van der Waals surface area contributed by atoms with Crippen molar-refractivity contribution in [2.75, 3.05) is 33.7 Å². The molecular formula is C20H28Cl2N2O. The Morgan fingerprint density at radius 1 is 1.20 bits per heavy atom. The summed E-state index contributed by atoms with van der Waals surface area (Å²) in [7, 11) is 4.25. The van der Waals surface area contributed by atoms with E-state index in [1.54, 1.807) is 0 Å². The zero-order valence-corrected chi connectivity index (χ0v) is 16.7. The molecule has 1 saturated heterocycles. The number of benzene rings is 1. The molecule has 1 amide bonds. The van der Waals surface area contributed by atoms with Crippen molar-refractivity contribution in [1.29, 1.82) is 0 Å². The highest BCUT2D eigenvalue weighted by Gasteiger charge is 2.46. The number of halogens is 2. The maximum atomic E-state index is 12.8. The summed E-state index contributed by atoms with van der Waals surface area (Å²) in [5.41, 5.74) is 1.14. The highest BCUT2D eigenvalue weighted by molar-refractivity contribution is 6.42. The molecule has 0 aromatic heterocycles. The number of carbonyl (C=O) groups is 1. The molecule has 1 aromatic rings. The number of amides is 1. The molecule has 0 unspecified atom stereocenters. The quantitative estimate of drug-likeness (QED) is 0.712. The summed E-state index contributed by atoms with van der Waals surface area (Å²) in [5.74, 6) is 1.58. The van der Waals surface area contributed by atoms with Crippen LogP contribution in [0, 0.1) is 11.8 Å². The van der Waals surface area contributed by atoms with Gasteiger partial charge in [-0.1, -0.05) is 29.3 Å². The Morgan fingerprint density at radius 3 is 2.56 bits per heavy atom. The van der Waals surface area contributed by atoms with Crippen LogP contribution in [0.15, 0.2) is 18.2 Å². The van der Waals surface area contributed by atoms with Gasteiger partial charge in [-0.25, -0.2) is 0 Å². The molecular weight excluding hydrogens is 355 g/mol. The van der Waals surface area contributed by atoms with Crippen molar-refractivity contribution < 1.29 is 4.79 Å². The second kappa shape index (κ2) is 8.28. The van der Waals surface area contributed by atoms with Gasteiger partial charge in [0.2, 0.25) is 5.91 Å². The van der Waals surface area contributed by atoms with E-state index >= 15 is 0 Å². The molecule has 1 aromatic carbocycles. The van der Waals surface area contributed by atoms with Gasteiger partial charge in [-0.2, -0.15) is 0 Å². The summed E-state index contributed by atoms with van der Waals surface area (Å²) in [5, 5.41) is 1.15. The van der Waals surface area contributed by atoms with Crippen LogP contribution in [0.5, 0.6) is 0 Å². The second-order valence-corrected chi connectivity index (χ2v) is 8.65. The maximum absolute atomic E-state index is 12.8. The molecule has 2 fully saturated rings. The standard InChI is InChI=1S/C20H28Cl2N2O/c1-23(2)9-3-4-14-7-10-24(11-8-14)20(25)17-13-16(17)15-5-6-18(21)19(22)12-15/h5-6,12,14,16-17H,3-4,7-11,13H2,1-2H3/t16-,17+/m0/s1. The molecule has 3 nitrogen and oxygen atoms in total. The van der Waals surface area contributed by atoms with Gasteiger partial charge < -0.3 is 9.80 Å². The lowest BCUT2D eigenvalue weighted by atomic mass is 9.92. The van der Waals surface area contributed by atoms with Crippen molar-refractivity contribution in [1.82, 2.24) is 9.80 Å². The van der Waals surface area contributed by atoms with Crippen LogP contribution in [0.4, 0.5) is 0 Å². The van der Waals surface area contributed by atoms with E-state index in [2.05, 4.69) is 23.9 Å². The van der Waals surface area contributed by atoms with Crippen molar-refractivity contribution in [3.05, 3.63) is 33.8 Å². The van der Waals surface area contributed by atoms with Crippen LogP contribution in [-0.4, -0.2) is 49.4 Å². The normalized spacial score (nSPS) is 24.0. The number of likely N-dealkylation sites (tertiary alicyclic amines) is 1. The van der Waals surface area contributed by atoms with Gasteiger partial charge in [-0.3, -0.25) is 4.79 Å². The average Bonchev–Trinajstić information content (AvgIpc) is 3.38. The first-order valence-electron chi connectivity index (χ1n) is 9.34. The first kappa shape index (κ1) is 19.0. The van der Waals surface area contributed by atoms with Gasteiger partial charge in [0.15, 0.2) is 0 Å². The van der Waals surface area contributed by atoms with Gasteiger partial charge >= 0.3 is 0 Å².